The number of hydrogen-bond acceptors (Lipinski definition) is 7. The van der Waals surface area contributed by atoms with Gasteiger partial charge in [-0.15, -0.1) is 11.3 Å². The monoisotopic (exact) mass is 411 g/mol. The topological polar surface area (TPSA) is 117 Å². The van der Waals surface area contributed by atoms with Gasteiger partial charge < -0.3 is 0 Å². The molecule has 0 bridgehead atoms. The van der Waals surface area contributed by atoms with E-state index in [4.69, 9.17) is 0 Å². The Morgan fingerprint density at radius 3 is 2.68 bits per heavy atom. The average Bonchev–Trinajstić information content (AvgIpc) is 3.38. The molecule has 0 spiro atoms. The van der Waals surface area contributed by atoms with E-state index < -0.39 is 11.8 Å². The van der Waals surface area contributed by atoms with Crippen molar-refractivity contribution in [3.8, 4) is 10.6 Å². The second-order valence-corrected chi connectivity index (χ2v) is 7.42. The second-order valence-electron chi connectivity index (χ2n) is 5.78. The number of fused-ring (bicyclic) bond motifs is 1. The van der Waals surface area contributed by atoms with Gasteiger partial charge in [0.05, 0.1) is 17.5 Å². The highest BCUT2D eigenvalue weighted by molar-refractivity contribution is 7.14. The van der Waals surface area contributed by atoms with Crippen molar-refractivity contribution in [1.29, 1.82) is 0 Å². The number of aromatic amines is 1. The summed E-state index contributed by atoms with van der Waals surface area (Å²) in [6.07, 6.45) is 0.0285. The summed E-state index contributed by atoms with van der Waals surface area (Å²) in [5.74, 6) is -1.04. The molecule has 4 aromatic rings. The first-order chi connectivity index (χ1) is 13.6. The van der Waals surface area contributed by atoms with Gasteiger partial charge in [0, 0.05) is 21.7 Å². The van der Waals surface area contributed by atoms with Crippen molar-refractivity contribution in [2.45, 2.75) is 6.42 Å². The summed E-state index contributed by atoms with van der Waals surface area (Å²) in [5.41, 5.74) is 5.93. The summed E-state index contributed by atoms with van der Waals surface area (Å²) < 4.78 is 0. The zero-order valence-electron chi connectivity index (χ0n) is 14.3. The second kappa shape index (κ2) is 7.71. The quantitative estimate of drug-likeness (QED) is 0.445. The van der Waals surface area contributed by atoms with Crippen molar-refractivity contribution in [2.75, 3.05) is 0 Å². The molecule has 4 rings (SSSR count). The molecule has 3 aromatic heterocycles. The maximum Gasteiger partial charge on any atom is 0.290 e. The molecule has 0 unspecified atom stereocenters. The van der Waals surface area contributed by atoms with Gasteiger partial charge in [-0.05, 0) is 17.5 Å². The van der Waals surface area contributed by atoms with Gasteiger partial charge in [-0.1, -0.05) is 18.2 Å². The van der Waals surface area contributed by atoms with E-state index in [2.05, 4.69) is 26.0 Å². The first kappa shape index (κ1) is 18.0. The van der Waals surface area contributed by atoms with Crippen molar-refractivity contribution in [3.05, 3.63) is 68.2 Å². The number of nitrogens with one attached hydrogen (secondary N) is 3. The molecule has 0 atom stereocenters. The van der Waals surface area contributed by atoms with Crippen molar-refractivity contribution < 1.29 is 9.59 Å². The molecule has 2 amide bonds. The minimum absolute atomic E-state index is 0.0175. The SMILES string of the molecule is O=C(Cc1csc(-c2ccsc2)n1)NNC(=O)c1n[nH]c(=O)c2ccccc12. The molecule has 3 heterocycles. The molecule has 0 aliphatic heterocycles. The lowest BCUT2D eigenvalue weighted by Gasteiger charge is -2.07. The van der Waals surface area contributed by atoms with E-state index in [0.717, 1.165) is 10.6 Å². The molecule has 140 valence electrons. The Kier molecular flexibility index (Phi) is 4.96. The number of aromatic nitrogens is 3. The minimum Gasteiger partial charge on any atom is -0.273 e. The molecule has 1 aromatic carbocycles. The van der Waals surface area contributed by atoms with Crippen LogP contribution in [0.5, 0.6) is 0 Å². The Hall–Kier alpha value is -3.37. The third-order valence-corrected chi connectivity index (χ3v) is 5.51. The number of thiophene rings is 1. The zero-order valence-corrected chi connectivity index (χ0v) is 15.9. The smallest absolute Gasteiger partial charge is 0.273 e. The maximum absolute atomic E-state index is 12.4. The van der Waals surface area contributed by atoms with E-state index >= 15 is 0 Å². The minimum atomic E-state index is -0.627. The highest BCUT2D eigenvalue weighted by atomic mass is 32.1. The van der Waals surface area contributed by atoms with Crippen LogP contribution in [0.25, 0.3) is 21.3 Å². The summed E-state index contributed by atoms with van der Waals surface area (Å²) in [6, 6.07) is 8.58. The van der Waals surface area contributed by atoms with Crippen LogP contribution in [0.2, 0.25) is 0 Å². The van der Waals surface area contributed by atoms with Gasteiger partial charge in [0.1, 0.15) is 5.01 Å². The molecule has 3 N–H and O–H groups in total. The van der Waals surface area contributed by atoms with Gasteiger partial charge in [0.2, 0.25) is 5.91 Å². The summed E-state index contributed by atoms with van der Waals surface area (Å²) >= 11 is 3.04. The largest absolute Gasteiger partial charge is 0.290 e. The van der Waals surface area contributed by atoms with Gasteiger partial charge in [0.25, 0.3) is 11.5 Å². The number of thiazole rings is 1. The van der Waals surface area contributed by atoms with Crippen LogP contribution in [0.3, 0.4) is 0 Å². The van der Waals surface area contributed by atoms with Crippen LogP contribution < -0.4 is 16.4 Å². The Morgan fingerprint density at radius 1 is 1.07 bits per heavy atom. The summed E-state index contributed by atoms with van der Waals surface area (Å²) in [5, 5.41) is 13.4. The average molecular weight is 411 g/mol. The summed E-state index contributed by atoms with van der Waals surface area (Å²) in [6.45, 7) is 0. The lowest BCUT2D eigenvalue weighted by atomic mass is 10.1. The third-order valence-electron chi connectivity index (χ3n) is 3.89. The predicted octanol–water partition coefficient (Wildman–Crippen LogP) is 2.11. The van der Waals surface area contributed by atoms with E-state index in [0.29, 0.717) is 16.5 Å². The van der Waals surface area contributed by atoms with Crippen molar-refractivity contribution >= 4 is 45.3 Å². The molecule has 28 heavy (non-hydrogen) atoms. The molecule has 0 saturated carbocycles. The van der Waals surface area contributed by atoms with E-state index in [9.17, 15) is 14.4 Å². The van der Waals surface area contributed by atoms with Gasteiger partial charge in [-0.2, -0.15) is 16.4 Å². The van der Waals surface area contributed by atoms with Crippen LogP contribution in [0.4, 0.5) is 0 Å². The molecular weight excluding hydrogens is 398 g/mol. The molecule has 0 aliphatic carbocycles. The van der Waals surface area contributed by atoms with Gasteiger partial charge in [-0.3, -0.25) is 25.2 Å². The van der Waals surface area contributed by atoms with E-state index in [1.807, 2.05) is 22.2 Å². The number of hydrazine groups is 1. The highest BCUT2D eigenvalue weighted by Crippen LogP contribution is 2.25. The van der Waals surface area contributed by atoms with E-state index in [1.165, 1.54) is 11.3 Å². The van der Waals surface area contributed by atoms with Crippen LogP contribution >= 0.6 is 22.7 Å². The number of benzene rings is 1. The highest BCUT2D eigenvalue weighted by Gasteiger charge is 2.15. The molecular formula is C18H13N5O3S2. The normalized spacial score (nSPS) is 10.7. The molecule has 0 saturated heterocycles. The van der Waals surface area contributed by atoms with Crippen LogP contribution in [0, 0.1) is 0 Å². The molecule has 10 heteroatoms. The Labute approximate surface area is 166 Å². The standard InChI is InChI=1S/C18H13N5O3S2/c24-14(7-11-9-28-18(19-11)10-5-6-27-8-10)20-23-17(26)15-12-3-1-2-4-13(12)16(25)22-21-15/h1-6,8-9H,7H2,(H,20,24)(H,22,25)(H,23,26). The number of carbonyl (C=O) groups is 2. The summed E-state index contributed by atoms with van der Waals surface area (Å²) in [7, 11) is 0. The number of rotatable bonds is 4. The lowest BCUT2D eigenvalue weighted by molar-refractivity contribution is -0.121. The lowest BCUT2D eigenvalue weighted by Crippen LogP contribution is -2.43. The van der Waals surface area contributed by atoms with Crippen LogP contribution in [-0.2, 0) is 11.2 Å². The molecule has 0 radical (unpaired) electrons. The summed E-state index contributed by atoms with van der Waals surface area (Å²) in [4.78, 5) is 40.7. The number of H-pyrrole nitrogens is 1. The fraction of sp³-hybridized carbons (Fsp3) is 0.0556. The molecule has 0 aliphatic rings. The third kappa shape index (κ3) is 3.68. The fourth-order valence-corrected chi connectivity index (χ4v) is 4.12. The van der Waals surface area contributed by atoms with Crippen molar-refractivity contribution in [1.82, 2.24) is 26.0 Å². The number of nitrogens with zero attached hydrogens (tertiary/aromatic N) is 2. The number of amides is 2. The molecule has 0 fully saturated rings. The molecule has 8 nitrogen and oxygen atoms in total. The van der Waals surface area contributed by atoms with E-state index in [-0.39, 0.29) is 17.7 Å². The Bertz CT molecular complexity index is 1210. The van der Waals surface area contributed by atoms with Gasteiger partial charge in [-0.25, -0.2) is 10.1 Å². The number of carbonyl (C=O) groups excluding carboxylic acids is 2. The van der Waals surface area contributed by atoms with Crippen molar-refractivity contribution in [2.24, 2.45) is 0 Å². The first-order valence-corrected chi connectivity index (χ1v) is 9.97. The van der Waals surface area contributed by atoms with Crippen LogP contribution in [0.1, 0.15) is 16.2 Å². The number of hydrogen-bond donors (Lipinski definition) is 3. The predicted molar refractivity (Wildman–Crippen MR) is 107 cm³/mol. The van der Waals surface area contributed by atoms with Crippen LogP contribution in [0.15, 0.2) is 51.3 Å². The zero-order chi connectivity index (χ0) is 19.5. The van der Waals surface area contributed by atoms with Gasteiger partial charge >= 0.3 is 0 Å². The van der Waals surface area contributed by atoms with Gasteiger partial charge in [0.15, 0.2) is 5.69 Å². The fourth-order valence-electron chi connectivity index (χ4n) is 2.59. The maximum atomic E-state index is 12.4. The van der Waals surface area contributed by atoms with Crippen LogP contribution in [-0.4, -0.2) is 27.0 Å². The van der Waals surface area contributed by atoms with E-state index in [1.54, 1.807) is 35.6 Å². The van der Waals surface area contributed by atoms with Crippen molar-refractivity contribution in [3.63, 3.8) is 0 Å². The first-order valence-electron chi connectivity index (χ1n) is 8.15. The Balaban J connectivity index is 1.41. The Morgan fingerprint density at radius 2 is 1.89 bits per heavy atom.